The van der Waals surface area contributed by atoms with Crippen molar-refractivity contribution in [1.82, 2.24) is 4.98 Å². The summed E-state index contributed by atoms with van der Waals surface area (Å²) in [6.45, 7) is 0. The first-order chi connectivity index (χ1) is 11.1. The standard InChI is InChI=1S/C16H12N4OS2/c1-22-13-9(7-17)15(19)20-16-10(13)11(18)14(23-16)12(21)8-5-3-2-4-6-8/h2-6H,18H2,1H3,(H2,19,20). The molecule has 0 aliphatic rings. The molecule has 0 fully saturated rings. The van der Waals surface area contributed by atoms with Gasteiger partial charge >= 0.3 is 0 Å². The van der Waals surface area contributed by atoms with Crippen molar-refractivity contribution in [3.05, 3.63) is 46.3 Å². The third-order valence-electron chi connectivity index (χ3n) is 3.42. The van der Waals surface area contributed by atoms with Crippen molar-refractivity contribution in [2.45, 2.75) is 4.90 Å². The fraction of sp³-hybridized carbons (Fsp3) is 0.0625. The van der Waals surface area contributed by atoms with E-state index in [1.54, 1.807) is 24.3 Å². The number of benzene rings is 1. The Morgan fingerprint density at radius 3 is 2.61 bits per heavy atom. The Bertz CT molecular complexity index is 958. The van der Waals surface area contributed by atoms with Crippen LogP contribution in [-0.4, -0.2) is 17.0 Å². The van der Waals surface area contributed by atoms with Crippen LogP contribution < -0.4 is 11.5 Å². The number of nitrogen functional groups attached to an aromatic ring is 2. The number of thioether (sulfide) groups is 1. The molecule has 0 spiro atoms. The predicted octanol–water partition coefficient (Wildman–Crippen LogP) is 3.29. The topological polar surface area (TPSA) is 106 Å². The van der Waals surface area contributed by atoms with E-state index in [1.807, 2.05) is 12.3 Å². The molecular formula is C16H12N4OS2. The highest BCUT2D eigenvalue weighted by Gasteiger charge is 2.23. The molecule has 0 bridgehead atoms. The van der Waals surface area contributed by atoms with Crippen LogP contribution in [0.15, 0.2) is 35.2 Å². The molecule has 0 atom stereocenters. The minimum absolute atomic E-state index is 0.157. The largest absolute Gasteiger partial charge is 0.397 e. The number of anilines is 2. The zero-order valence-corrected chi connectivity index (χ0v) is 13.8. The molecule has 3 rings (SSSR count). The zero-order valence-electron chi connectivity index (χ0n) is 12.2. The fourth-order valence-corrected chi connectivity index (χ4v) is 4.24. The Balaban J connectivity index is 2.28. The van der Waals surface area contributed by atoms with Crippen LogP contribution in [-0.2, 0) is 0 Å². The second-order valence-electron chi connectivity index (χ2n) is 4.74. The average Bonchev–Trinajstić information content (AvgIpc) is 2.90. The van der Waals surface area contributed by atoms with E-state index < -0.39 is 0 Å². The summed E-state index contributed by atoms with van der Waals surface area (Å²) < 4.78 is 0. The number of nitriles is 1. The van der Waals surface area contributed by atoms with Crippen LogP contribution >= 0.6 is 23.1 Å². The Labute approximate surface area is 140 Å². The molecule has 0 aliphatic carbocycles. The van der Waals surface area contributed by atoms with Crippen molar-refractivity contribution in [1.29, 1.82) is 5.26 Å². The molecular weight excluding hydrogens is 328 g/mol. The van der Waals surface area contributed by atoms with Crippen molar-refractivity contribution >= 4 is 50.6 Å². The summed E-state index contributed by atoms with van der Waals surface area (Å²) >= 11 is 2.57. The lowest BCUT2D eigenvalue weighted by Gasteiger charge is -2.05. The predicted molar refractivity (Wildman–Crippen MR) is 94.8 cm³/mol. The number of pyridine rings is 1. The van der Waals surface area contributed by atoms with E-state index in [2.05, 4.69) is 11.1 Å². The third kappa shape index (κ3) is 2.42. The molecule has 0 saturated heterocycles. The van der Waals surface area contributed by atoms with Crippen LogP contribution in [0.3, 0.4) is 0 Å². The van der Waals surface area contributed by atoms with E-state index >= 15 is 0 Å². The van der Waals surface area contributed by atoms with Crippen molar-refractivity contribution in [3.8, 4) is 6.07 Å². The van der Waals surface area contributed by atoms with Crippen LogP contribution in [0.5, 0.6) is 0 Å². The van der Waals surface area contributed by atoms with Crippen molar-refractivity contribution < 1.29 is 4.79 Å². The molecule has 5 nitrogen and oxygen atoms in total. The lowest BCUT2D eigenvalue weighted by atomic mass is 10.1. The number of carbonyl (C=O) groups excluding carboxylic acids is 1. The number of nitrogens with zero attached hydrogens (tertiary/aromatic N) is 2. The van der Waals surface area contributed by atoms with Gasteiger partial charge in [0, 0.05) is 10.5 Å². The fourth-order valence-electron chi connectivity index (χ4n) is 2.34. The maximum atomic E-state index is 12.7. The molecule has 0 unspecified atom stereocenters. The number of fused-ring (bicyclic) bond motifs is 1. The second-order valence-corrected chi connectivity index (χ2v) is 6.55. The number of ketones is 1. The summed E-state index contributed by atoms with van der Waals surface area (Å²) in [6.07, 6.45) is 1.84. The molecule has 7 heteroatoms. The molecule has 23 heavy (non-hydrogen) atoms. The Hall–Kier alpha value is -2.56. The lowest BCUT2D eigenvalue weighted by molar-refractivity contribution is 0.104. The van der Waals surface area contributed by atoms with Crippen LogP contribution in [0.25, 0.3) is 10.2 Å². The van der Waals surface area contributed by atoms with E-state index in [1.165, 1.54) is 23.1 Å². The van der Waals surface area contributed by atoms with Crippen LogP contribution in [0.4, 0.5) is 11.5 Å². The average molecular weight is 340 g/mol. The van der Waals surface area contributed by atoms with Crippen molar-refractivity contribution in [2.75, 3.05) is 17.7 Å². The number of thiophene rings is 1. The number of aromatic nitrogens is 1. The van der Waals surface area contributed by atoms with Gasteiger partial charge in [-0.1, -0.05) is 30.3 Å². The number of hydrogen-bond acceptors (Lipinski definition) is 7. The maximum Gasteiger partial charge on any atom is 0.205 e. The van der Waals surface area contributed by atoms with Gasteiger partial charge in [0.05, 0.1) is 11.1 Å². The highest BCUT2D eigenvalue weighted by molar-refractivity contribution is 7.99. The first kappa shape index (κ1) is 15.3. The van der Waals surface area contributed by atoms with Gasteiger partial charge in [-0.3, -0.25) is 4.79 Å². The van der Waals surface area contributed by atoms with Crippen LogP contribution in [0.1, 0.15) is 20.8 Å². The first-order valence-corrected chi connectivity index (χ1v) is 8.67. The normalized spacial score (nSPS) is 10.6. The third-order valence-corrected chi connectivity index (χ3v) is 5.33. The molecule has 2 heterocycles. The number of rotatable bonds is 3. The van der Waals surface area contributed by atoms with Gasteiger partial charge < -0.3 is 11.5 Å². The van der Waals surface area contributed by atoms with E-state index in [4.69, 9.17) is 11.5 Å². The quantitative estimate of drug-likeness (QED) is 0.560. The molecule has 4 N–H and O–H groups in total. The Morgan fingerprint density at radius 2 is 2.00 bits per heavy atom. The zero-order chi connectivity index (χ0) is 16.6. The van der Waals surface area contributed by atoms with Gasteiger partial charge in [0.2, 0.25) is 5.78 Å². The minimum Gasteiger partial charge on any atom is -0.397 e. The highest BCUT2D eigenvalue weighted by atomic mass is 32.2. The molecule has 0 amide bonds. The molecule has 114 valence electrons. The SMILES string of the molecule is CSc1c(C#N)c(N)nc2sc(C(=O)c3ccccc3)c(N)c12. The lowest BCUT2D eigenvalue weighted by Crippen LogP contribution is -2.02. The molecule has 0 radical (unpaired) electrons. The molecule has 3 aromatic rings. The van der Waals surface area contributed by atoms with Gasteiger partial charge in [0.25, 0.3) is 0 Å². The van der Waals surface area contributed by atoms with Crippen LogP contribution in [0, 0.1) is 11.3 Å². The van der Waals surface area contributed by atoms with Gasteiger partial charge in [0.15, 0.2) is 0 Å². The summed E-state index contributed by atoms with van der Waals surface area (Å²) in [6, 6.07) is 11.0. The summed E-state index contributed by atoms with van der Waals surface area (Å²) in [5.74, 6) is -0.000424. The molecule has 0 aliphatic heterocycles. The highest BCUT2D eigenvalue weighted by Crippen LogP contribution is 2.42. The van der Waals surface area contributed by atoms with Gasteiger partial charge in [-0.2, -0.15) is 5.26 Å². The van der Waals surface area contributed by atoms with Crippen molar-refractivity contribution in [3.63, 3.8) is 0 Å². The van der Waals surface area contributed by atoms with Gasteiger partial charge in [-0.15, -0.1) is 23.1 Å². The summed E-state index contributed by atoms with van der Waals surface area (Å²) in [7, 11) is 0. The van der Waals surface area contributed by atoms with Gasteiger partial charge in [-0.25, -0.2) is 4.98 Å². The van der Waals surface area contributed by atoms with E-state index in [0.717, 1.165) is 0 Å². The first-order valence-electron chi connectivity index (χ1n) is 6.63. The van der Waals surface area contributed by atoms with Crippen LogP contribution in [0.2, 0.25) is 0 Å². The summed E-state index contributed by atoms with van der Waals surface area (Å²) in [4.78, 5) is 18.6. The summed E-state index contributed by atoms with van der Waals surface area (Å²) in [5.41, 5.74) is 13.3. The molecule has 0 saturated carbocycles. The van der Waals surface area contributed by atoms with Gasteiger partial charge in [0.1, 0.15) is 27.2 Å². The van der Waals surface area contributed by atoms with E-state index in [0.29, 0.717) is 36.8 Å². The molecule has 2 aromatic heterocycles. The summed E-state index contributed by atoms with van der Waals surface area (Å²) in [5, 5.41) is 9.92. The second kappa shape index (κ2) is 5.91. The maximum absolute atomic E-state index is 12.7. The van der Waals surface area contributed by atoms with Crippen molar-refractivity contribution in [2.24, 2.45) is 0 Å². The monoisotopic (exact) mass is 340 g/mol. The van der Waals surface area contributed by atoms with E-state index in [-0.39, 0.29) is 11.6 Å². The number of carbonyl (C=O) groups is 1. The number of hydrogen-bond donors (Lipinski definition) is 2. The Morgan fingerprint density at radius 1 is 1.30 bits per heavy atom. The van der Waals surface area contributed by atoms with E-state index in [9.17, 15) is 10.1 Å². The minimum atomic E-state index is -0.157. The smallest absolute Gasteiger partial charge is 0.205 e. The van der Waals surface area contributed by atoms with Gasteiger partial charge in [-0.05, 0) is 6.26 Å². The number of nitrogens with two attached hydrogens (primary N) is 2. The molecule has 1 aromatic carbocycles. The Kier molecular flexibility index (Phi) is 3.94.